The van der Waals surface area contributed by atoms with Gasteiger partial charge in [0, 0.05) is 6.42 Å². The van der Waals surface area contributed by atoms with E-state index in [1.54, 1.807) is 0 Å². The van der Waals surface area contributed by atoms with Gasteiger partial charge in [-0.3, -0.25) is 4.79 Å². The van der Waals surface area contributed by atoms with Crippen molar-refractivity contribution in [3.63, 3.8) is 0 Å². The molecule has 0 saturated carbocycles. The molecule has 16 heavy (non-hydrogen) atoms. The quantitative estimate of drug-likeness (QED) is 0.728. The third-order valence-corrected chi connectivity index (χ3v) is 2.33. The number of rotatable bonds is 4. The maximum atomic E-state index is 11.2. The normalized spacial score (nSPS) is 9.56. The van der Waals surface area contributed by atoms with E-state index >= 15 is 0 Å². The van der Waals surface area contributed by atoms with Crippen LogP contribution in [0.4, 0.5) is 0 Å². The van der Waals surface area contributed by atoms with Crippen LogP contribution >= 0.6 is 0 Å². The lowest BCUT2D eigenvalue weighted by Gasteiger charge is -2.07. The van der Waals surface area contributed by atoms with E-state index in [4.69, 9.17) is 10.00 Å². The van der Waals surface area contributed by atoms with Crippen molar-refractivity contribution in [1.29, 1.82) is 5.26 Å². The molecular weight excluding hydrogens is 202 g/mol. The molecule has 0 aromatic heterocycles. The van der Waals surface area contributed by atoms with Crippen LogP contribution in [0.2, 0.25) is 0 Å². The van der Waals surface area contributed by atoms with Gasteiger partial charge in [0.2, 0.25) is 0 Å². The van der Waals surface area contributed by atoms with Crippen molar-refractivity contribution in [1.82, 2.24) is 0 Å². The summed E-state index contributed by atoms with van der Waals surface area (Å²) >= 11 is 0. The molecule has 0 N–H and O–H groups in total. The summed E-state index contributed by atoms with van der Waals surface area (Å²) in [7, 11) is 0. The van der Waals surface area contributed by atoms with Gasteiger partial charge in [-0.05, 0) is 25.0 Å². The number of aryl methyl sites for hydroxylation is 2. The van der Waals surface area contributed by atoms with Gasteiger partial charge in [0.05, 0.1) is 12.5 Å². The lowest BCUT2D eigenvalue weighted by Crippen LogP contribution is -2.04. The van der Waals surface area contributed by atoms with Gasteiger partial charge in [0.1, 0.15) is 6.61 Å². The molecule has 3 heteroatoms. The second kappa shape index (κ2) is 5.92. The minimum absolute atomic E-state index is 0.168. The van der Waals surface area contributed by atoms with E-state index in [9.17, 15) is 4.79 Å². The van der Waals surface area contributed by atoms with E-state index in [0.29, 0.717) is 0 Å². The van der Waals surface area contributed by atoms with Gasteiger partial charge < -0.3 is 4.74 Å². The van der Waals surface area contributed by atoms with Crippen molar-refractivity contribution in [3.05, 3.63) is 34.9 Å². The highest BCUT2D eigenvalue weighted by molar-refractivity contribution is 5.69. The van der Waals surface area contributed by atoms with Crippen LogP contribution in [-0.4, -0.2) is 5.97 Å². The average Bonchev–Trinajstić information content (AvgIpc) is 2.25. The molecule has 0 aliphatic rings. The molecule has 1 aromatic rings. The number of ether oxygens (including phenoxy) is 1. The maximum absolute atomic E-state index is 11.2. The van der Waals surface area contributed by atoms with Crippen molar-refractivity contribution in [2.75, 3.05) is 0 Å². The fraction of sp³-hybridized carbons (Fsp3) is 0.385. The molecule has 3 nitrogen and oxygen atoms in total. The minimum Gasteiger partial charge on any atom is -0.461 e. The highest BCUT2D eigenvalue weighted by Crippen LogP contribution is 2.12. The van der Waals surface area contributed by atoms with E-state index in [0.717, 1.165) is 11.1 Å². The molecule has 0 radical (unpaired) electrons. The summed E-state index contributed by atoms with van der Waals surface area (Å²) in [6.45, 7) is 4.30. The van der Waals surface area contributed by atoms with Gasteiger partial charge in [-0.25, -0.2) is 0 Å². The Labute approximate surface area is 95.7 Å². The van der Waals surface area contributed by atoms with Crippen LogP contribution in [0, 0.1) is 25.2 Å². The fourth-order valence-corrected chi connectivity index (χ4v) is 1.40. The minimum atomic E-state index is -0.318. The Balaban J connectivity index is 2.49. The summed E-state index contributed by atoms with van der Waals surface area (Å²) in [5.74, 6) is -0.318. The highest BCUT2D eigenvalue weighted by atomic mass is 16.5. The zero-order valence-corrected chi connectivity index (χ0v) is 9.62. The van der Waals surface area contributed by atoms with Crippen molar-refractivity contribution in [2.45, 2.75) is 33.3 Å². The topological polar surface area (TPSA) is 50.1 Å². The molecule has 0 atom stereocenters. The first-order chi connectivity index (χ1) is 7.63. The first-order valence-corrected chi connectivity index (χ1v) is 5.22. The smallest absolute Gasteiger partial charge is 0.307 e. The predicted octanol–water partition coefficient (Wildman–Crippen LogP) is 2.65. The third-order valence-electron chi connectivity index (χ3n) is 2.33. The number of hydrogen-bond donors (Lipinski definition) is 0. The lowest BCUT2D eigenvalue weighted by atomic mass is 10.1. The molecular formula is C13H15NO2. The molecule has 0 spiro atoms. The Morgan fingerprint density at radius 2 is 2.19 bits per heavy atom. The van der Waals surface area contributed by atoms with Crippen LogP contribution < -0.4 is 0 Å². The molecule has 84 valence electrons. The number of carbonyl (C=O) groups excluding carboxylic acids is 1. The highest BCUT2D eigenvalue weighted by Gasteiger charge is 2.04. The summed E-state index contributed by atoms with van der Waals surface area (Å²) in [5.41, 5.74) is 3.32. The molecule has 0 saturated heterocycles. The zero-order chi connectivity index (χ0) is 12.0. The summed E-state index contributed by atoms with van der Waals surface area (Å²) in [6, 6.07) is 7.92. The van der Waals surface area contributed by atoms with Crippen molar-refractivity contribution >= 4 is 5.97 Å². The van der Waals surface area contributed by atoms with Crippen LogP contribution in [-0.2, 0) is 16.1 Å². The van der Waals surface area contributed by atoms with Crippen molar-refractivity contribution in [2.24, 2.45) is 0 Å². The molecule has 0 fully saturated rings. The second-order valence-electron chi connectivity index (χ2n) is 3.75. The van der Waals surface area contributed by atoms with E-state index in [1.807, 2.05) is 32.0 Å². The molecule has 0 amide bonds. The van der Waals surface area contributed by atoms with Crippen LogP contribution in [0.1, 0.15) is 29.5 Å². The Hall–Kier alpha value is -1.82. The number of carbonyl (C=O) groups is 1. The first-order valence-electron chi connectivity index (χ1n) is 5.22. The van der Waals surface area contributed by atoms with Crippen LogP contribution in [0.3, 0.4) is 0 Å². The van der Waals surface area contributed by atoms with E-state index < -0.39 is 0 Å². The summed E-state index contributed by atoms with van der Waals surface area (Å²) in [5, 5.41) is 8.32. The Kier molecular flexibility index (Phi) is 4.53. The number of nitrogens with zero attached hydrogens (tertiary/aromatic N) is 1. The average molecular weight is 217 g/mol. The largest absolute Gasteiger partial charge is 0.461 e. The zero-order valence-electron chi connectivity index (χ0n) is 9.62. The van der Waals surface area contributed by atoms with Gasteiger partial charge >= 0.3 is 5.97 Å². The SMILES string of the molecule is Cc1ccc(COC(=O)CCC#N)c(C)c1. The van der Waals surface area contributed by atoms with E-state index in [1.165, 1.54) is 5.56 Å². The first kappa shape index (κ1) is 12.3. The standard InChI is InChI=1S/C13H15NO2/c1-10-5-6-12(11(2)8-10)9-16-13(15)4-3-7-14/h5-6,8H,3-4,9H2,1-2H3. The molecule has 0 aliphatic carbocycles. The third kappa shape index (κ3) is 3.74. The van der Waals surface area contributed by atoms with Gasteiger partial charge in [-0.1, -0.05) is 23.8 Å². The Morgan fingerprint density at radius 1 is 1.44 bits per heavy atom. The molecule has 0 unspecified atom stereocenters. The van der Waals surface area contributed by atoms with Gasteiger partial charge in [-0.15, -0.1) is 0 Å². The van der Waals surface area contributed by atoms with Crippen molar-refractivity contribution < 1.29 is 9.53 Å². The lowest BCUT2D eigenvalue weighted by molar-refractivity contribution is -0.144. The van der Waals surface area contributed by atoms with Crippen LogP contribution in [0.25, 0.3) is 0 Å². The molecule has 1 rings (SSSR count). The number of benzene rings is 1. The van der Waals surface area contributed by atoms with Gasteiger partial charge in [0.15, 0.2) is 0 Å². The fourth-order valence-electron chi connectivity index (χ4n) is 1.40. The summed E-state index contributed by atoms with van der Waals surface area (Å²) in [6.07, 6.45) is 0.382. The van der Waals surface area contributed by atoms with E-state index in [2.05, 4.69) is 6.07 Å². The van der Waals surface area contributed by atoms with Crippen molar-refractivity contribution in [3.8, 4) is 6.07 Å². The summed E-state index contributed by atoms with van der Waals surface area (Å²) in [4.78, 5) is 11.2. The van der Waals surface area contributed by atoms with Crippen LogP contribution in [0.15, 0.2) is 18.2 Å². The van der Waals surface area contributed by atoms with E-state index in [-0.39, 0.29) is 25.4 Å². The van der Waals surface area contributed by atoms with Crippen LogP contribution in [0.5, 0.6) is 0 Å². The summed E-state index contributed by atoms with van der Waals surface area (Å²) < 4.78 is 5.06. The number of nitriles is 1. The number of hydrogen-bond acceptors (Lipinski definition) is 3. The molecule has 0 aliphatic heterocycles. The second-order valence-corrected chi connectivity index (χ2v) is 3.75. The molecule has 1 aromatic carbocycles. The van der Waals surface area contributed by atoms with Gasteiger partial charge in [0.25, 0.3) is 0 Å². The molecule has 0 heterocycles. The predicted molar refractivity (Wildman–Crippen MR) is 60.6 cm³/mol. The Morgan fingerprint density at radius 3 is 2.81 bits per heavy atom. The number of esters is 1. The Bertz CT molecular complexity index is 418. The molecule has 0 bridgehead atoms. The maximum Gasteiger partial charge on any atom is 0.307 e. The van der Waals surface area contributed by atoms with Gasteiger partial charge in [-0.2, -0.15) is 5.26 Å². The monoisotopic (exact) mass is 217 g/mol.